The second-order valence-electron chi connectivity index (χ2n) is 4.84. The molecule has 0 spiro atoms. The molecule has 0 heterocycles. The number of nitrogens with one attached hydrogen (secondary N) is 2. The van der Waals surface area contributed by atoms with Crippen molar-refractivity contribution in [2.45, 2.75) is 64.6 Å². The van der Waals surface area contributed by atoms with Gasteiger partial charge in [0.2, 0.25) is 0 Å². The average Bonchev–Trinajstić information content (AvgIpc) is 2.14. The normalized spacial score (nSPS) is 31.9. The van der Waals surface area contributed by atoms with E-state index in [1.54, 1.807) is 0 Å². The van der Waals surface area contributed by atoms with Gasteiger partial charge in [-0.1, -0.05) is 32.6 Å². The van der Waals surface area contributed by atoms with E-state index in [0.29, 0.717) is 6.17 Å². The molecule has 1 aliphatic carbocycles. The summed E-state index contributed by atoms with van der Waals surface area (Å²) in [5.41, 5.74) is 0. The van der Waals surface area contributed by atoms with Crippen LogP contribution in [0.1, 0.15) is 52.4 Å². The summed E-state index contributed by atoms with van der Waals surface area (Å²) in [6, 6.07) is 0.741. The highest BCUT2D eigenvalue weighted by Crippen LogP contribution is 2.21. The Morgan fingerprint density at radius 2 is 1.64 bits per heavy atom. The lowest BCUT2D eigenvalue weighted by atomic mass is 9.90. The fourth-order valence-corrected chi connectivity index (χ4v) is 2.32. The zero-order valence-corrected chi connectivity index (χ0v) is 9.97. The summed E-state index contributed by atoms with van der Waals surface area (Å²) < 4.78 is 0. The molecule has 0 saturated heterocycles. The van der Waals surface area contributed by atoms with Crippen LogP contribution in [0.15, 0.2) is 0 Å². The molecule has 1 rings (SSSR count). The summed E-state index contributed by atoms with van der Waals surface area (Å²) in [4.78, 5) is 0. The molecule has 2 N–H and O–H groups in total. The third kappa shape index (κ3) is 4.43. The lowest BCUT2D eigenvalue weighted by Crippen LogP contribution is -2.44. The van der Waals surface area contributed by atoms with E-state index in [-0.39, 0.29) is 0 Å². The maximum atomic E-state index is 3.64. The van der Waals surface area contributed by atoms with E-state index in [1.807, 2.05) is 7.05 Å². The van der Waals surface area contributed by atoms with Gasteiger partial charge in [0.1, 0.15) is 0 Å². The third-order valence-electron chi connectivity index (χ3n) is 3.42. The SMILES string of the molecule is CNC(C)NC1CCCC(C)CCC1. The van der Waals surface area contributed by atoms with Gasteiger partial charge in [0, 0.05) is 6.04 Å². The lowest BCUT2D eigenvalue weighted by Gasteiger charge is -2.26. The van der Waals surface area contributed by atoms with Crippen LogP contribution in [0.5, 0.6) is 0 Å². The summed E-state index contributed by atoms with van der Waals surface area (Å²) in [5, 5.41) is 6.89. The predicted octanol–water partition coefficient (Wildman–Crippen LogP) is 2.50. The molecule has 0 aromatic rings. The Labute approximate surface area is 88.8 Å². The molecule has 2 nitrogen and oxygen atoms in total. The Hall–Kier alpha value is -0.0800. The number of hydrogen-bond donors (Lipinski definition) is 2. The van der Waals surface area contributed by atoms with Crippen molar-refractivity contribution < 1.29 is 0 Å². The van der Waals surface area contributed by atoms with Gasteiger partial charge in [-0.3, -0.25) is 5.32 Å². The molecule has 1 fully saturated rings. The largest absolute Gasteiger partial charge is 0.305 e. The number of rotatable bonds is 3. The standard InChI is InChI=1S/C12H26N2/c1-10-6-4-8-12(9-5-7-10)14-11(2)13-3/h10-14H,4-9H2,1-3H3. The second-order valence-corrected chi connectivity index (χ2v) is 4.84. The van der Waals surface area contributed by atoms with E-state index in [4.69, 9.17) is 0 Å². The van der Waals surface area contributed by atoms with Crippen molar-refractivity contribution in [3.63, 3.8) is 0 Å². The zero-order valence-electron chi connectivity index (χ0n) is 9.97. The minimum Gasteiger partial charge on any atom is -0.305 e. The molecule has 0 aromatic heterocycles. The van der Waals surface area contributed by atoms with Crippen molar-refractivity contribution in [2.75, 3.05) is 7.05 Å². The molecule has 0 aromatic carbocycles. The van der Waals surface area contributed by atoms with Crippen molar-refractivity contribution in [1.29, 1.82) is 0 Å². The molecule has 14 heavy (non-hydrogen) atoms. The minimum absolute atomic E-state index is 0.455. The monoisotopic (exact) mass is 198 g/mol. The van der Waals surface area contributed by atoms with Gasteiger partial charge >= 0.3 is 0 Å². The molecule has 0 radical (unpaired) electrons. The second kappa shape index (κ2) is 6.41. The fraction of sp³-hybridized carbons (Fsp3) is 1.00. The summed E-state index contributed by atoms with van der Waals surface area (Å²) in [5.74, 6) is 0.956. The first-order chi connectivity index (χ1) is 6.72. The predicted molar refractivity (Wildman–Crippen MR) is 62.3 cm³/mol. The van der Waals surface area contributed by atoms with Crippen LogP contribution in [-0.2, 0) is 0 Å². The molecule has 1 atom stereocenters. The molecule has 0 amide bonds. The molecule has 0 bridgehead atoms. The Balaban J connectivity index is 2.24. The van der Waals surface area contributed by atoms with Crippen LogP contribution in [0.2, 0.25) is 0 Å². The van der Waals surface area contributed by atoms with Gasteiger partial charge in [-0.05, 0) is 32.7 Å². The fourth-order valence-electron chi connectivity index (χ4n) is 2.32. The van der Waals surface area contributed by atoms with Crippen LogP contribution in [0, 0.1) is 5.92 Å². The van der Waals surface area contributed by atoms with Gasteiger partial charge in [-0.25, -0.2) is 0 Å². The summed E-state index contributed by atoms with van der Waals surface area (Å²) >= 11 is 0. The number of hydrogen-bond acceptors (Lipinski definition) is 2. The Kier molecular flexibility index (Phi) is 5.49. The van der Waals surface area contributed by atoms with Gasteiger partial charge in [-0.15, -0.1) is 0 Å². The van der Waals surface area contributed by atoms with Gasteiger partial charge < -0.3 is 5.32 Å². The average molecular weight is 198 g/mol. The van der Waals surface area contributed by atoms with Crippen LogP contribution < -0.4 is 10.6 Å². The highest BCUT2D eigenvalue weighted by Gasteiger charge is 2.15. The first kappa shape index (κ1) is 12.0. The van der Waals surface area contributed by atoms with Crippen LogP contribution in [-0.4, -0.2) is 19.3 Å². The quantitative estimate of drug-likeness (QED) is 0.681. The molecule has 2 heteroatoms. The van der Waals surface area contributed by atoms with Crippen LogP contribution in [0.3, 0.4) is 0 Å². The smallest absolute Gasteiger partial charge is 0.0542 e. The van der Waals surface area contributed by atoms with Crippen molar-refractivity contribution in [3.05, 3.63) is 0 Å². The van der Waals surface area contributed by atoms with Gasteiger partial charge in [-0.2, -0.15) is 0 Å². The van der Waals surface area contributed by atoms with Crippen molar-refractivity contribution in [1.82, 2.24) is 10.6 Å². The molecule has 1 saturated carbocycles. The van der Waals surface area contributed by atoms with Crippen LogP contribution in [0.4, 0.5) is 0 Å². The molecule has 1 unspecified atom stereocenters. The van der Waals surface area contributed by atoms with E-state index >= 15 is 0 Å². The zero-order chi connectivity index (χ0) is 10.4. The van der Waals surface area contributed by atoms with Crippen molar-refractivity contribution in [3.8, 4) is 0 Å². The molecule has 0 aliphatic heterocycles. The van der Waals surface area contributed by atoms with Crippen molar-refractivity contribution in [2.24, 2.45) is 5.92 Å². The maximum absolute atomic E-state index is 3.64. The Morgan fingerprint density at radius 1 is 1.07 bits per heavy atom. The molecule has 1 aliphatic rings. The lowest BCUT2D eigenvalue weighted by molar-refractivity contribution is 0.314. The summed E-state index contributed by atoms with van der Waals surface area (Å²) in [7, 11) is 2.02. The minimum atomic E-state index is 0.455. The van der Waals surface area contributed by atoms with Crippen molar-refractivity contribution >= 4 is 0 Å². The van der Waals surface area contributed by atoms with E-state index in [0.717, 1.165) is 12.0 Å². The van der Waals surface area contributed by atoms with Crippen LogP contribution in [0.25, 0.3) is 0 Å². The molecule has 84 valence electrons. The Bertz CT molecular complexity index is 137. The molecular formula is C12H26N2. The maximum Gasteiger partial charge on any atom is 0.0542 e. The van der Waals surface area contributed by atoms with E-state index in [1.165, 1.54) is 38.5 Å². The summed E-state index contributed by atoms with van der Waals surface area (Å²) in [6.07, 6.45) is 8.81. The summed E-state index contributed by atoms with van der Waals surface area (Å²) in [6.45, 7) is 4.59. The van der Waals surface area contributed by atoms with E-state index in [9.17, 15) is 0 Å². The first-order valence-electron chi connectivity index (χ1n) is 6.15. The Morgan fingerprint density at radius 3 is 2.14 bits per heavy atom. The topological polar surface area (TPSA) is 24.1 Å². The van der Waals surface area contributed by atoms with E-state index < -0.39 is 0 Å². The van der Waals surface area contributed by atoms with Crippen LogP contribution >= 0.6 is 0 Å². The van der Waals surface area contributed by atoms with E-state index in [2.05, 4.69) is 24.5 Å². The van der Waals surface area contributed by atoms with Gasteiger partial charge in [0.25, 0.3) is 0 Å². The molecular weight excluding hydrogens is 172 g/mol. The highest BCUT2D eigenvalue weighted by molar-refractivity contribution is 4.73. The van der Waals surface area contributed by atoms with Gasteiger partial charge in [0.15, 0.2) is 0 Å². The third-order valence-corrected chi connectivity index (χ3v) is 3.42. The first-order valence-corrected chi connectivity index (χ1v) is 6.15. The van der Waals surface area contributed by atoms with Gasteiger partial charge in [0.05, 0.1) is 6.17 Å². The highest BCUT2D eigenvalue weighted by atomic mass is 15.1.